The normalized spacial score (nSPS) is 11.4. The van der Waals surface area contributed by atoms with Gasteiger partial charge in [0.05, 0.1) is 13.2 Å². The van der Waals surface area contributed by atoms with Crippen LogP contribution in [0, 0.1) is 5.92 Å². The summed E-state index contributed by atoms with van der Waals surface area (Å²) in [6, 6.07) is 13.8. The summed E-state index contributed by atoms with van der Waals surface area (Å²) in [5.41, 5.74) is 0.119. The summed E-state index contributed by atoms with van der Waals surface area (Å²) in [4.78, 5) is 7.96. The van der Waals surface area contributed by atoms with Gasteiger partial charge in [-0.15, -0.1) is 0 Å². The lowest BCUT2D eigenvalue weighted by Crippen LogP contribution is -2.12. The van der Waals surface area contributed by atoms with Gasteiger partial charge in [0.15, 0.2) is 0 Å². The first-order valence-electron chi connectivity index (χ1n) is 12.2. The Labute approximate surface area is 210 Å². The number of nitrogens with one attached hydrogen (secondary N) is 2. The molecule has 9 heteroatoms. The second-order valence-electron chi connectivity index (χ2n) is 8.87. The fourth-order valence-corrected chi connectivity index (χ4v) is 3.26. The Morgan fingerprint density at radius 2 is 1.44 bits per heavy atom. The summed E-state index contributed by atoms with van der Waals surface area (Å²) in [7, 11) is 0. The van der Waals surface area contributed by atoms with Crippen molar-refractivity contribution < 1.29 is 22.6 Å². The van der Waals surface area contributed by atoms with Gasteiger partial charge < -0.3 is 20.1 Å². The Balaban J connectivity index is 1.68. The summed E-state index contributed by atoms with van der Waals surface area (Å²) < 4.78 is 52.1. The minimum absolute atomic E-state index is 0.0376. The Morgan fingerprint density at radius 3 is 2.03 bits per heavy atom. The molecule has 0 saturated heterocycles. The minimum Gasteiger partial charge on any atom is -0.494 e. The molecule has 0 aliphatic heterocycles. The lowest BCUT2D eigenvalue weighted by atomic mass is 10.2. The molecule has 0 spiro atoms. The van der Waals surface area contributed by atoms with Gasteiger partial charge in [-0.1, -0.05) is 40.0 Å². The molecule has 194 valence electrons. The number of alkyl halides is 3. The Bertz CT molecular complexity index is 1070. The van der Waals surface area contributed by atoms with Crippen molar-refractivity contribution in [3.8, 4) is 11.5 Å². The molecule has 2 aromatic carbocycles. The van der Waals surface area contributed by atoms with Crippen LogP contribution in [0.25, 0.3) is 0 Å². The van der Waals surface area contributed by atoms with E-state index in [1.54, 1.807) is 48.5 Å². The van der Waals surface area contributed by atoms with Gasteiger partial charge in [-0.05, 0) is 60.9 Å². The number of rotatable bonds is 13. The SMILES string of the molecule is CCCCCCOc1ccc(Nc2ncc(C(F)(F)F)c(Nc3ccc(OCC(C)C)cc3)n2)cc1. The molecule has 0 aliphatic carbocycles. The second-order valence-corrected chi connectivity index (χ2v) is 8.87. The molecule has 0 saturated carbocycles. The Morgan fingerprint density at radius 1 is 0.833 bits per heavy atom. The lowest BCUT2D eigenvalue weighted by molar-refractivity contribution is -0.137. The van der Waals surface area contributed by atoms with E-state index in [9.17, 15) is 13.2 Å². The minimum atomic E-state index is -4.61. The van der Waals surface area contributed by atoms with Gasteiger partial charge in [-0.25, -0.2) is 4.98 Å². The third-order valence-corrected chi connectivity index (χ3v) is 5.17. The van der Waals surface area contributed by atoms with Crippen LogP contribution in [0.2, 0.25) is 0 Å². The predicted molar refractivity (Wildman–Crippen MR) is 136 cm³/mol. The Hall–Kier alpha value is -3.49. The average molecular weight is 503 g/mol. The zero-order valence-corrected chi connectivity index (χ0v) is 20.9. The van der Waals surface area contributed by atoms with Gasteiger partial charge in [-0.2, -0.15) is 18.2 Å². The molecule has 3 rings (SSSR count). The molecule has 0 radical (unpaired) electrons. The summed E-state index contributed by atoms with van der Waals surface area (Å²) in [5, 5.41) is 5.71. The maximum atomic E-state index is 13.6. The van der Waals surface area contributed by atoms with E-state index >= 15 is 0 Å². The average Bonchev–Trinajstić information content (AvgIpc) is 2.84. The molecule has 0 aliphatic rings. The molecule has 36 heavy (non-hydrogen) atoms. The molecule has 1 aromatic heterocycles. The van der Waals surface area contributed by atoms with Crippen molar-refractivity contribution in [2.45, 2.75) is 52.6 Å². The summed E-state index contributed by atoms with van der Waals surface area (Å²) >= 11 is 0. The molecule has 6 nitrogen and oxygen atoms in total. The van der Waals surface area contributed by atoms with Crippen molar-refractivity contribution in [3.63, 3.8) is 0 Å². The molecule has 0 unspecified atom stereocenters. The van der Waals surface area contributed by atoms with Crippen LogP contribution in [0.4, 0.5) is 36.3 Å². The van der Waals surface area contributed by atoms with Crippen molar-refractivity contribution in [3.05, 3.63) is 60.3 Å². The number of anilines is 4. The maximum Gasteiger partial charge on any atom is 0.421 e. The monoisotopic (exact) mass is 502 g/mol. The molecule has 3 aromatic rings. The summed E-state index contributed by atoms with van der Waals surface area (Å²) in [6.07, 6.45) is 0.644. The van der Waals surface area contributed by atoms with Crippen molar-refractivity contribution in [1.29, 1.82) is 0 Å². The molecule has 2 N–H and O–H groups in total. The number of nitrogens with zero attached hydrogens (tertiary/aromatic N) is 2. The van der Waals surface area contributed by atoms with Gasteiger partial charge in [-0.3, -0.25) is 0 Å². The highest BCUT2D eigenvalue weighted by Crippen LogP contribution is 2.35. The molecular formula is C27H33F3N4O2. The fraction of sp³-hybridized carbons (Fsp3) is 0.407. The van der Waals surface area contributed by atoms with E-state index in [0.717, 1.165) is 24.8 Å². The van der Waals surface area contributed by atoms with Gasteiger partial charge >= 0.3 is 6.18 Å². The summed E-state index contributed by atoms with van der Waals surface area (Å²) in [6.45, 7) is 7.43. The van der Waals surface area contributed by atoms with E-state index in [1.807, 2.05) is 13.8 Å². The topological polar surface area (TPSA) is 68.3 Å². The van der Waals surface area contributed by atoms with Crippen LogP contribution in [0.1, 0.15) is 52.0 Å². The van der Waals surface area contributed by atoms with Crippen molar-refractivity contribution >= 4 is 23.1 Å². The van der Waals surface area contributed by atoms with E-state index < -0.39 is 11.7 Å². The van der Waals surface area contributed by atoms with Crippen molar-refractivity contribution in [2.24, 2.45) is 5.92 Å². The van der Waals surface area contributed by atoms with Crippen LogP contribution in [0.3, 0.4) is 0 Å². The molecule has 0 atom stereocenters. The summed E-state index contributed by atoms with van der Waals surface area (Å²) in [5.74, 6) is 1.43. The maximum absolute atomic E-state index is 13.6. The largest absolute Gasteiger partial charge is 0.494 e. The van der Waals surface area contributed by atoms with Crippen LogP contribution in [-0.2, 0) is 6.18 Å². The number of benzene rings is 2. The van der Waals surface area contributed by atoms with Crippen LogP contribution >= 0.6 is 0 Å². The van der Waals surface area contributed by atoms with Crippen LogP contribution < -0.4 is 20.1 Å². The highest BCUT2D eigenvalue weighted by molar-refractivity contribution is 5.63. The standard InChI is InChI=1S/C27H33F3N4O2/c1-4-5-6-7-16-35-22-12-10-21(11-13-22)33-26-31-17-24(27(28,29)30)25(34-26)32-20-8-14-23(15-9-20)36-18-19(2)3/h8-15,17,19H,4-7,16,18H2,1-3H3,(H2,31,32,33,34). The van der Waals surface area contributed by atoms with Crippen LogP contribution in [0.15, 0.2) is 54.7 Å². The quantitative estimate of drug-likeness (QED) is 0.231. The second kappa shape index (κ2) is 13.0. The van der Waals surface area contributed by atoms with Crippen LogP contribution in [-0.4, -0.2) is 23.2 Å². The molecule has 1 heterocycles. The predicted octanol–water partition coefficient (Wildman–Crippen LogP) is 7.98. The third kappa shape index (κ3) is 8.62. The van der Waals surface area contributed by atoms with E-state index in [-0.39, 0.29) is 11.8 Å². The van der Waals surface area contributed by atoms with Gasteiger partial charge in [0.2, 0.25) is 5.95 Å². The van der Waals surface area contributed by atoms with Crippen molar-refractivity contribution in [1.82, 2.24) is 9.97 Å². The smallest absolute Gasteiger partial charge is 0.421 e. The number of hydrogen-bond donors (Lipinski definition) is 2. The third-order valence-electron chi connectivity index (χ3n) is 5.17. The van der Waals surface area contributed by atoms with E-state index in [4.69, 9.17) is 9.47 Å². The van der Waals surface area contributed by atoms with E-state index in [0.29, 0.717) is 36.3 Å². The van der Waals surface area contributed by atoms with Gasteiger partial charge in [0.25, 0.3) is 0 Å². The molecule has 0 bridgehead atoms. The lowest BCUT2D eigenvalue weighted by Gasteiger charge is -2.15. The van der Waals surface area contributed by atoms with Crippen molar-refractivity contribution in [2.75, 3.05) is 23.8 Å². The number of aromatic nitrogens is 2. The van der Waals surface area contributed by atoms with Crippen LogP contribution in [0.5, 0.6) is 11.5 Å². The number of ether oxygens (including phenoxy) is 2. The molecular weight excluding hydrogens is 469 g/mol. The number of halogens is 3. The fourth-order valence-electron chi connectivity index (χ4n) is 3.26. The first-order chi connectivity index (χ1) is 17.2. The van der Waals surface area contributed by atoms with E-state index in [2.05, 4.69) is 27.5 Å². The van der Waals surface area contributed by atoms with Gasteiger partial charge in [0, 0.05) is 17.6 Å². The first-order valence-corrected chi connectivity index (χ1v) is 12.2. The first kappa shape index (κ1) is 27.1. The zero-order chi connectivity index (χ0) is 26.0. The highest BCUT2D eigenvalue weighted by Gasteiger charge is 2.35. The molecule has 0 amide bonds. The zero-order valence-electron chi connectivity index (χ0n) is 20.9. The van der Waals surface area contributed by atoms with E-state index in [1.165, 1.54) is 12.8 Å². The number of unbranched alkanes of at least 4 members (excludes halogenated alkanes) is 3. The highest BCUT2D eigenvalue weighted by atomic mass is 19.4. The number of hydrogen-bond acceptors (Lipinski definition) is 6. The van der Waals surface area contributed by atoms with Gasteiger partial charge in [0.1, 0.15) is 22.9 Å². The Kier molecular flexibility index (Phi) is 9.78. The molecule has 0 fully saturated rings.